The Labute approximate surface area is 162 Å². The fraction of sp³-hybridized carbons (Fsp3) is 0.316. The molecule has 1 heterocycles. The number of carbonyl (C=O) groups is 1. The van der Waals surface area contributed by atoms with Gasteiger partial charge in [-0.3, -0.25) is 9.10 Å². The topological polar surface area (TPSA) is 75.7 Å². The predicted molar refractivity (Wildman–Crippen MR) is 101 cm³/mol. The lowest BCUT2D eigenvalue weighted by Crippen LogP contribution is -2.34. The van der Waals surface area contributed by atoms with Crippen LogP contribution >= 0.6 is 0 Å². The number of hydrogen-bond acceptors (Lipinski definition) is 4. The Morgan fingerprint density at radius 1 is 1.29 bits per heavy atom. The maximum Gasteiger partial charge on any atom is 0.387 e. The van der Waals surface area contributed by atoms with Crippen LogP contribution in [0, 0.1) is 0 Å². The van der Waals surface area contributed by atoms with Crippen molar-refractivity contribution in [3.8, 4) is 5.75 Å². The summed E-state index contributed by atoms with van der Waals surface area (Å²) in [6.07, 6.45) is 1.68. The van der Waals surface area contributed by atoms with Gasteiger partial charge in [0, 0.05) is 18.2 Å². The van der Waals surface area contributed by atoms with E-state index in [-0.39, 0.29) is 24.2 Å². The van der Waals surface area contributed by atoms with Gasteiger partial charge in [-0.2, -0.15) is 8.78 Å². The molecule has 1 N–H and O–H groups in total. The number of sulfonamides is 1. The van der Waals surface area contributed by atoms with Crippen molar-refractivity contribution < 1.29 is 26.7 Å². The van der Waals surface area contributed by atoms with Gasteiger partial charge in [0.25, 0.3) is 5.91 Å². The Bertz CT molecular complexity index is 995. The smallest absolute Gasteiger partial charge is 0.387 e. The Morgan fingerprint density at radius 3 is 2.71 bits per heavy atom. The number of benzene rings is 2. The molecule has 1 aliphatic heterocycles. The lowest BCUT2D eigenvalue weighted by Gasteiger charge is -2.21. The van der Waals surface area contributed by atoms with Crippen LogP contribution in [0.5, 0.6) is 5.75 Å². The molecule has 0 aromatic heterocycles. The van der Waals surface area contributed by atoms with Crippen LogP contribution in [-0.4, -0.2) is 33.2 Å². The largest absolute Gasteiger partial charge is 0.435 e. The maximum atomic E-state index is 12.4. The molecular formula is C19H20F2N2O4S. The van der Waals surface area contributed by atoms with Gasteiger partial charge in [0.1, 0.15) is 5.75 Å². The van der Waals surface area contributed by atoms with Crippen LogP contribution in [0.1, 0.15) is 28.4 Å². The summed E-state index contributed by atoms with van der Waals surface area (Å²) in [7, 11) is -3.39. The molecule has 1 aliphatic rings. The number of anilines is 1. The van der Waals surface area contributed by atoms with Gasteiger partial charge in [0.15, 0.2) is 0 Å². The van der Waals surface area contributed by atoms with Crippen molar-refractivity contribution >= 4 is 21.6 Å². The molecule has 0 saturated carbocycles. The molecule has 0 aliphatic carbocycles. The second kappa shape index (κ2) is 7.75. The predicted octanol–water partition coefficient (Wildman–Crippen LogP) is 2.93. The highest BCUT2D eigenvalue weighted by molar-refractivity contribution is 7.92. The minimum atomic E-state index is -3.39. The summed E-state index contributed by atoms with van der Waals surface area (Å²) >= 11 is 0. The second-order valence-electron chi connectivity index (χ2n) is 6.66. The number of alkyl halides is 2. The van der Waals surface area contributed by atoms with Gasteiger partial charge in [0.05, 0.1) is 11.9 Å². The van der Waals surface area contributed by atoms with E-state index >= 15 is 0 Å². The summed E-state index contributed by atoms with van der Waals surface area (Å²) in [5, 5.41) is 2.73. The van der Waals surface area contributed by atoms with Gasteiger partial charge in [-0.1, -0.05) is 12.1 Å². The van der Waals surface area contributed by atoms with Gasteiger partial charge >= 0.3 is 6.61 Å². The lowest BCUT2D eigenvalue weighted by molar-refractivity contribution is -0.0498. The van der Waals surface area contributed by atoms with Gasteiger partial charge in [-0.15, -0.1) is 0 Å². The van der Waals surface area contributed by atoms with E-state index in [1.165, 1.54) is 16.4 Å². The van der Waals surface area contributed by atoms with E-state index < -0.39 is 16.6 Å². The Hall–Kier alpha value is -2.68. The molecule has 2 aromatic carbocycles. The Balaban J connectivity index is 1.71. The number of ether oxygens (including phenoxy) is 1. The van der Waals surface area contributed by atoms with E-state index in [1.54, 1.807) is 30.3 Å². The average molecular weight is 410 g/mol. The van der Waals surface area contributed by atoms with Crippen molar-refractivity contribution in [2.75, 3.05) is 10.6 Å². The van der Waals surface area contributed by atoms with E-state index in [9.17, 15) is 22.0 Å². The summed E-state index contributed by atoms with van der Waals surface area (Å²) in [5.74, 6) is -0.317. The number of fused-ring (bicyclic) bond motifs is 1. The summed E-state index contributed by atoms with van der Waals surface area (Å²) in [4.78, 5) is 12.4. The first-order valence-corrected chi connectivity index (χ1v) is 10.4. The van der Waals surface area contributed by atoms with Gasteiger partial charge < -0.3 is 10.1 Å². The van der Waals surface area contributed by atoms with Crippen LogP contribution in [-0.2, 0) is 23.0 Å². The number of carbonyl (C=O) groups excluding carboxylic acids is 1. The minimum Gasteiger partial charge on any atom is -0.435 e. The van der Waals surface area contributed by atoms with Crippen molar-refractivity contribution in [3.05, 3.63) is 59.2 Å². The van der Waals surface area contributed by atoms with E-state index in [4.69, 9.17) is 0 Å². The van der Waals surface area contributed by atoms with Crippen LogP contribution in [0.4, 0.5) is 14.5 Å². The number of halogens is 2. The SMILES string of the molecule is CC1Cc2cc(C(=O)NCc3cccc(OC(F)F)c3)ccc2N1S(C)(=O)=O. The molecule has 28 heavy (non-hydrogen) atoms. The number of nitrogens with zero attached hydrogens (tertiary/aromatic N) is 1. The highest BCUT2D eigenvalue weighted by Gasteiger charge is 2.32. The normalized spacial score (nSPS) is 16.2. The van der Waals surface area contributed by atoms with E-state index in [2.05, 4.69) is 10.1 Å². The first-order chi connectivity index (χ1) is 13.1. The number of nitrogens with one attached hydrogen (secondary N) is 1. The molecule has 150 valence electrons. The van der Waals surface area contributed by atoms with Gasteiger partial charge in [-0.05, 0) is 54.8 Å². The Kier molecular flexibility index (Phi) is 5.55. The highest BCUT2D eigenvalue weighted by atomic mass is 32.2. The molecule has 2 aromatic rings. The molecular weight excluding hydrogens is 390 g/mol. The summed E-state index contributed by atoms with van der Waals surface area (Å²) in [6.45, 7) is -0.956. The molecule has 0 radical (unpaired) electrons. The molecule has 0 saturated heterocycles. The standard InChI is InChI=1S/C19H20F2N2O4S/c1-12-8-15-10-14(6-7-17(15)23(12)28(2,25)26)18(24)22-11-13-4-3-5-16(9-13)27-19(20)21/h3-7,9-10,12,19H,8,11H2,1-2H3,(H,22,24). The van der Waals surface area contributed by atoms with Crippen molar-refractivity contribution in [1.82, 2.24) is 5.32 Å². The molecule has 1 unspecified atom stereocenters. The number of amides is 1. The molecule has 1 amide bonds. The third-order valence-electron chi connectivity index (χ3n) is 4.43. The van der Waals surface area contributed by atoms with Gasteiger partial charge in [0.2, 0.25) is 10.0 Å². The van der Waals surface area contributed by atoms with E-state index in [0.717, 1.165) is 11.8 Å². The zero-order valence-electron chi connectivity index (χ0n) is 15.4. The van der Waals surface area contributed by atoms with Crippen LogP contribution in [0.25, 0.3) is 0 Å². The minimum absolute atomic E-state index is 0.0223. The van der Waals surface area contributed by atoms with Crippen LogP contribution in [0.3, 0.4) is 0 Å². The molecule has 0 spiro atoms. The van der Waals surface area contributed by atoms with Crippen molar-refractivity contribution in [2.45, 2.75) is 32.5 Å². The van der Waals surface area contributed by atoms with Gasteiger partial charge in [-0.25, -0.2) is 8.42 Å². The second-order valence-corrected chi connectivity index (χ2v) is 8.52. The Morgan fingerprint density at radius 2 is 2.04 bits per heavy atom. The third-order valence-corrected chi connectivity index (χ3v) is 5.70. The fourth-order valence-electron chi connectivity index (χ4n) is 3.37. The summed E-state index contributed by atoms with van der Waals surface area (Å²) < 4.78 is 54.2. The number of rotatable bonds is 6. The summed E-state index contributed by atoms with van der Waals surface area (Å²) in [6, 6.07) is 10.8. The third kappa shape index (κ3) is 4.41. The fourth-order valence-corrected chi connectivity index (χ4v) is 4.63. The van der Waals surface area contributed by atoms with Crippen LogP contribution in [0.15, 0.2) is 42.5 Å². The highest BCUT2D eigenvalue weighted by Crippen LogP contribution is 2.34. The van der Waals surface area contributed by atoms with Crippen molar-refractivity contribution in [2.24, 2.45) is 0 Å². The van der Waals surface area contributed by atoms with Crippen molar-refractivity contribution in [1.29, 1.82) is 0 Å². The summed E-state index contributed by atoms with van der Waals surface area (Å²) in [5.41, 5.74) is 2.40. The van der Waals surface area contributed by atoms with E-state index in [0.29, 0.717) is 23.2 Å². The van der Waals surface area contributed by atoms with Crippen molar-refractivity contribution in [3.63, 3.8) is 0 Å². The first-order valence-electron chi connectivity index (χ1n) is 8.59. The molecule has 6 nitrogen and oxygen atoms in total. The number of hydrogen-bond donors (Lipinski definition) is 1. The van der Waals surface area contributed by atoms with E-state index in [1.807, 2.05) is 6.92 Å². The molecule has 3 rings (SSSR count). The monoisotopic (exact) mass is 410 g/mol. The average Bonchev–Trinajstić information content (AvgIpc) is 2.94. The maximum absolute atomic E-state index is 12.4. The molecule has 0 fully saturated rings. The zero-order chi connectivity index (χ0) is 20.5. The first kappa shape index (κ1) is 20.1. The van der Waals surface area contributed by atoms with Crippen LogP contribution < -0.4 is 14.4 Å². The van der Waals surface area contributed by atoms with Crippen LogP contribution in [0.2, 0.25) is 0 Å². The molecule has 0 bridgehead atoms. The molecule has 9 heteroatoms. The quantitative estimate of drug-likeness (QED) is 0.795. The zero-order valence-corrected chi connectivity index (χ0v) is 16.2. The molecule has 1 atom stereocenters. The lowest BCUT2D eigenvalue weighted by atomic mass is 10.1.